The van der Waals surface area contributed by atoms with Gasteiger partial charge in [-0.1, -0.05) is 27.7 Å². The average molecular weight is 263 g/mol. The van der Waals surface area contributed by atoms with Crippen LogP contribution in [-0.4, -0.2) is 15.1 Å². The first kappa shape index (κ1) is 14.6. The van der Waals surface area contributed by atoms with Crippen LogP contribution in [0.1, 0.15) is 59.7 Å². The van der Waals surface area contributed by atoms with Crippen LogP contribution in [-0.2, 0) is 13.0 Å². The fourth-order valence-electron chi connectivity index (χ4n) is 4.62. The number of aryl methyl sites for hydroxylation is 1. The molecule has 0 saturated heterocycles. The lowest BCUT2D eigenvalue weighted by Gasteiger charge is -2.50. The molecule has 3 nitrogen and oxygen atoms in total. The highest BCUT2D eigenvalue weighted by Crippen LogP contribution is 2.49. The summed E-state index contributed by atoms with van der Waals surface area (Å²) in [6, 6.07) is 0. The molecule has 3 heteroatoms. The van der Waals surface area contributed by atoms with Gasteiger partial charge in [0.15, 0.2) is 0 Å². The minimum atomic E-state index is -0.122. The van der Waals surface area contributed by atoms with Crippen molar-refractivity contribution in [2.45, 2.75) is 72.4 Å². The molecule has 0 bridgehead atoms. The minimum absolute atomic E-state index is 0.122. The van der Waals surface area contributed by atoms with E-state index in [4.69, 9.17) is 5.73 Å². The van der Waals surface area contributed by atoms with E-state index in [1.165, 1.54) is 6.42 Å². The Kier molecular flexibility index (Phi) is 3.54. The van der Waals surface area contributed by atoms with Gasteiger partial charge in [-0.3, -0.25) is 0 Å². The molecule has 0 spiro atoms. The maximum Gasteiger partial charge on any atom is 0.110 e. The minimum Gasteiger partial charge on any atom is -0.335 e. The van der Waals surface area contributed by atoms with Gasteiger partial charge < -0.3 is 10.3 Å². The van der Waals surface area contributed by atoms with Gasteiger partial charge in [-0.15, -0.1) is 0 Å². The summed E-state index contributed by atoms with van der Waals surface area (Å²) in [7, 11) is 0. The van der Waals surface area contributed by atoms with Crippen molar-refractivity contribution in [2.75, 3.05) is 0 Å². The Hall–Kier alpha value is -0.830. The molecule has 19 heavy (non-hydrogen) atoms. The number of imidazole rings is 1. The van der Waals surface area contributed by atoms with Gasteiger partial charge >= 0.3 is 0 Å². The lowest BCUT2D eigenvalue weighted by Crippen LogP contribution is -2.53. The number of aromatic nitrogens is 2. The Labute approximate surface area is 117 Å². The Morgan fingerprint density at radius 1 is 1.16 bits per heavy atom. The van der Waals surface area contributed by atoms with E-state index in [1.54, 1.807) is 0 Å². The van der Waals surface area contributed by atoms with Crippen LogP contribution in [0.2, 0.25) is 0 Å². The zero-order valence-electron chi connectivity index (χ0n) is 13.2. The quantitative estimate of drug-likeness (QED) is 0.908. The van der Waals surface area contributed by atoms with Gasteiger partial charge in [-0.2, -0.15) is 0 Å². The van der Waals surface area contributed by atoms with E-state index in [-0.39, 0.29) is 5.54 Å². The van der Waals surface area contributed by atoms with Crippen molar-refractivity contribution in [1.29, 1.82) is 0 Å². The summed E-state index contributed by atoms with van der Waals surface area (Å²) < 4.78 is 2.21. The summed E-state index contributed by atoms with van der Waals surface area (Å²) in [5, 5.41) is 0. The highest BCUT2D eigenvalue weighted by atomic mass is 15.1. The van der Waals surface area contributed by atoms with Crippen molar-refractivity contribution in [3.63, 3.8) is 0 Å². The third-order valence-electron chi connectivity index (χ3n) is 4.27. The molecule has 1 aromatic heterocycles. The highest BCUT2D eigenvalue weighted by molar-refractivity contribution is 5.07. The molecule has 0 radical (unpaired) electrons. The van der Waals surface area contributed by atoms with Crippen LogP contribution in [0.4, 0.5) is 0 Å². The maximum absolute atomic E-state index is 6.77. The number of nitrogens with two attached hydrogens (primary N) is 1. The van der Waals surface area contributed by atoms with Crippen LogP contribution in [0, 0.1) is 10.8 Å². The molecule has 0 aliphatic heterocycles. The Morgan fingerprint density at radius 2 is 1.74 bits per heavy atom. The largest absolute Gasteiger partial charge is 0.335 e. The number of nitrogens with zero attached hydrogens (tertiary/aromatic N) is 2. The topological polar surface area (TPSA) is 43.8 Å². The maximum atomic E-state index is 6.77. The zero-order chi connectivity index (χ0) is 14.3. The van der Waals surface area contributed by atoms with Gasteiger partial charge in [0, 0.05) is 30.9 Å². The van der Waals surface area contributed by atoms with Crippen LogP contribution >= 0.6 is 0 Å². The summed E-state index contributed by atoms with van der Waals surface area (Å²) in [6.07, 6.45) is 8.25. The van der Waals surface area contributed by atoms with Crippen LogP contribution in [0.15, 0.2) is 12.4 Å². The second-order valence-corrected chi connectivity index (χ2v) is 8.03. The van der Waals surface area contributed by atoms with E-state index < -0.39 is 0 Å². The molecule has 1 saturated carbocycles. The summed E-state index contributed by atoms with van der Waals surface area (Å²) in [5.74, 6) is 1.14. The molecule has 1 aromatic rings. The smallest absolute Gasteiger partial charge is 0.110 e. The van der Waals surface area contributed by atoms with Crippen molar-refractivity contribution in [2.24, 2.45) is 16.6 Å². The summed E-state index contributed by atoms with van der Waals surface area (Å²) in [6.45, 7) is 12.5. The van der Waals surface area contributed by atoms with Crippen LogP contribution in [0.25, 0.3) is 0 Å². The standard InChI is InChI=1S/C16H29N3/c1-6-19-8-7-18-13(19)9-16(17)11-14(2,3)10-15(4,5)12-16/h7-8H,6,9-12,17H2,1-5H3. The SMILES string of the molecule is CCn1ccnc1CC1(N)CC(C)(C)CC(C)(C)C1. The Bertz CT molecular complexity index is 427. The predicted molar refractivity (Wildman–Crippen MR) is 79.9 cm³/mol. The first-order valence-corrected chi connectivity index (χ1v) is 7.44. The fourth-order valence-corrected chi connectivity index (χ4v) is 4.62. The lowest BCUT2D eigenvalue weighted by molar-refractivity contribution is 0.0474. The third-order valence-corrected chi connectivity index (χ3v) is 4.27. The third kappa shape index (κ3) is 3.38. The molecule has 0 atom stereocenters. The number of hydrogen-bond donors (Lipinski definition) is 1. The number of rotatable bonds is 3. The van der Waals surface area contributed by atoms with Gasteiger partial charge in [0.05, 0.1) is 0 Å². The highest BCUT2D eigenvalue weighted by Gasteiger charge is 2.45. The molecule has 1 aliphatic rings. The molecule has 0 unspecified atom stereocenters. The zero-order valence-corrected chi connectivity index (χ0v) is 13.2. The van der Waals surface area contributed by atoms with E-state index >= 15 is 0 Å². The van der Waals surface area contributed by atoms with Gasteiger partial charge in [0.2, 0.25) is 0 Å². The molecule has 0 aromatic carbocycles. The second kappa shape index (κ2) is 4.62. The molecule has 1 aliphatic carbocycles. The van der Waals surface area contributed by atoms with Gasteiger partial charge in [-0.05, 0) is 37.0 Å². The van der Waals surface area contributed by atoms with Crippen molar-refractivity contribution in [3.05, 3.63) is 18.2 Å². The molecule has 2 rings (SSSR count). The second-order valence-electron chi connectivity index (χ2n) is 8.03. The van der Waals surface area contributed by atoms with E-state index in [9.17, 15) is 0 Å². The molecule has 108 valence electrons. The molecule has 1 fully saturated rings. The van der Waals surface area contributed by atoms with Crippen LogP contribution in [0.5, 0.6) is 0 Å². The van der Waals surface area contributed by atoms with Gasteiger partial charge in [-0.25, -0.2) is 4.98 Å². The summed E-state index contributed by atoms with van der Waals surface area (Å²) >= 11 is 0. The normalized spacial score (nSPS) is 24.3. The van der Waals surface area contributed by atoms with Crippen LogP contribution in [0.3, 0.4) is 0 Å². The molecular formula is C16H29N3. The first-order valence-electron chi connectivity index (χ1n) is 7.44. The van der Waals surface area contributed by atoms with E-state index in [0.29, 0.717) is 10.8 Å². The Morgan fingerprint density at radius 3 is 2.26 bits per heavy atom. The molecule has 1 heterocycles. The van der Waals surface area contributed by atoms with E-state index in [0.717, 1.165) is 31.6 Å². The predicted octanol–water partition coefficient (Wildman–Crippen LogP) is 3.38. The lowest BCUT2D eigenvalue weighted by atomic mass is 9.58. The van der Waals surface area contributed by atoms with Gasteiger partial charge in [0.1, 0.15) is 5.82 Å². The fraction of sp³-hybridized carbons (Fsp3) is 0.812. The Balaban J connectivity index is 2.22. The van der Waals surface area contributed by atoms with E-state index in [2.05, 4.69) is 50.4 Å². The summed E-state index contributed by atoms with van der Waals surface area (Å²) in [4.78, 5) is 4.50. The molecular weight excluding hydrogens is 234 g/mol. The van der Waals surface area contributed by atoms with Gasteiger partial charge in [0.25, 0.3) is 0 Å². The van der Waals surface area contributed by atoms with Crippen LogP contribution < -0.4 is 5.73 Å². The average Bonchev–Trinajstić information content (AvgIpc) is 2.57. The molecule has 2 N–H and O–H groups in total. The molecule has 0 amide bonds. The van der Waals surface area contributed by atoms with Crippen molar-refractivity contribution >= 4 is 0 Å². The monoisotopic (exact) mass is 263 g/mol. The summed E-state index contributed by atoms with van der Waals surface area (Å²) in [5.41, 5.74) is 7.29. The van der Waals surface area contributed by atoms with E-state index in [1.807, 2.05) is 6.20 Å². The van der Waals surface area contributed by atoms with Crippen molar-refractivity contribution in [1.82, 2.24) is 9.55 Å². The van der Waals surface area contributed by atoms with Crippen molar-refractivity contribution < 1.29 is 0 Å². The van der Waals surface area contributed by atoms with Crippen molar-refractivity contribution in [3.8, 4) is 0 Å². The number of hydrogen-bond acceptors (Lipinski definition) is 2. The first-order chi connectivity index (χ1) is 8.65.